The number of carboxylic acid groups (broad SMARTS) is 2. The molecule has 0 saturated carbocycles. The van der Waals surface area contributed by atoms with Gasteiger partial charge in [-0.15, -0.1) is 22.7 Å². The number of ketones is 3. The Labute approximate surface area is 773 Å². The highest BCUT2D eigenvalue weighted by Crippen LogP contribution is 2.30. The quantitative estimate of drug-likeness (QED) is 0.0361. The minimum Gasteiger partial charge on any atom is -0.478 e. The summed E-state index contributed by atoms with van der Waals surface area (Å²) in [6.45, 7) is 21.5. The Hall–Kier alpha value is -17.6. The first-order chi connectivity index (χ1) is 64.3. The first kappa shape index (κ1) is 97.0. The lowest BCUT2D eigenvalue weighted by molar-refractivity contribution is -0.193. The van der Waals surface area contributed by atoms with E-state index in [1.54, 1.807) is 123 Å². The molecule has 134 heavy (non-hydrogen) atoms. The molecule has 16 heterocycles. The number of pyridine rings is 5. The lowest BCUT2D eigenvalue weighted by Crippen LogP contribution is -2.27. The number of benzene rings is 3. The van der Waals surface area contributed by atoms with Crippen molar-refractivity contribution < 1.29 is 63.0 Å². The Balaban J connectivity index is 0.000000149. The van der Waals surface area contributed by atoms with Gasteiger partial charge in [0.1, 0.15) is 34.7 Å². The molecule has 0 aliphatic carbocycles. The summed E-state index contributed by atoms with van der Waals surface area (Å²) in [7, 11) is 0. The first-order valence-corrected chi connectivity index (χ1v) is 42.6. The molecule has 0 radical (unpaired) electrons. The van der Waals surface area contributed by atoms with E-state index in [0.29, 0.717) is 45.1 Å². The van der Waals surface area contributed by atoms with Crippen LogP contribution in [0.25, 0.3) is 93.2 Å². The molecule has 0 fully saturated rings. The smallest absolute Gasteiger partial charge is 0.373 e. The monoisotopic (exact) mass is 1830 g/mol. The molecule has 0 aliphatic rings. The number of carboxylic acids is 2. The number of hydrogen-bond donors (Lipinski definition) is 5. The SMILES string of the molecule is CC(=N)NC(=O)c1cn(-c2ccnc3ccccc23)cc1C.CC(=O)c1cc(-n2nc(C)cc2C)ccn1.CC(=O)c1cn(-c2ccnc3ccccc23)cc1C.CCc1nn(-c2ccnc3ccccc23)cc1C(C)=O.Cc1ccn(-c2ccnc(C(N)=O)c2)c1.Cc1cn(-c2ncnc3ccsc23)cc1C(=O)O.Cc1cn(-c2ncnc3sccc23)cc1C(=O)O.O=C=O.O=C=O. The molecule has 34 nitrogen and oxygen atoms in total. The van der Waals surface area contributed by atoms with Gasteiger partial charge in [0.2, 0.25) is 0 Å². The normalized spacial score (nSPS) is 10.4. The molecule has 6 N–H and O–H groups in total. The van der Waals surface area contributed by atoms with Crippen molar-refractivity contribution in [2.45, 2.75) is 89.5 Å². The third-order valence-electron chi connectivity index (χ3n) is 20.1. The van der Waals surface area contributed by atoms with E-state index < -0.39 is 17.8 Å². The molecule has 19 rings (SSSR count). The van der Waals surface area contributed by atoms with Crippen molar-refractivity contribution in [2.24, 2.45) is 5.73 Å². The van der Waals surface area contributed by atoms with E-state index in [1.165, 1.54) is 42.3 Å². The fraction of sp³-hybridized carbons (Fsp3) is 0.133. The Morgan fingerprint density at radius 2 is 0.903 bits per heavy atom. The van der Waals surface area contributed by atoms with E-state index in [-0.39, 0.29) is 52.7 Å². The number of aryl methyl sites for hydroxylation is 8. The minimum atomic E-state index is -0.929. The van der Waals surface area contributed by atoms with Crippen molar-refractivity contribution >= 4 is 135 Å². The number of hydrogen-bond acceptors (Lipinski definition) is 25. The van der Waals surface area contributed by atoms with E-state index in [4.69, 9.17) is 40.5 Å². The van der Waals surface area contributed by atoms with E-state index in [0.717, 1.165) is 127 Å². The van der Waals surface area contributed by atoms with Crippen molar-refractivity contribution in [2.75, 3.05) is 0 Å². The number of aromatic nitrogens is 18. The van der Waals surface area contributed by atoms with Crippen LogP contribution in [0, 0.1) is 53.9 Å². The summed E-state index contributed by atoms with van der Waals surface area (Å²) in [6.07, 6.45) is 32.7. The van der Waals surface area contributed by atoms with Crippen LogP contribution in [0.4, 0.5) is 0 Å². The van der Waals surface area contributed by atoms with Gasteiger partial charge in [0.05, 0.1) is 94.4 Å². The number of amides is 2. The van der Waals surface area contributed by atoms with Crippen LogP contribution in [0.1, 0.15) is 152 Å². The molecule has 0 spiro atoms. The standard InChI is InChI=1S/C17H16N4O.C16H15N3O.C16H14N2O.2C12H9N3O2S.C12H13N3O.C11H11N3O.2CO2/c1-11-9-21(10-14(11)17(22)20-12(2)18)16-7-8-19-15-6-4-3-5-13(15)16;1-3-14-13(11(2)20)10-19(18-14)16-8-9-17-15-7-5-4-6-12(15)16;1-11-9-18(10-14(11)12(2)19)16-7-8-17-15-6-4-3-5-13(15)16;1-7-4-15(5-8(7)12(16)17)11-10-9(2-3-18-10)13-6-14-11;1-7-4-15(5-9(7)12(16)17)10-8-2-3-18-11(8)14-6-13-10;1-8-6-9(2)15(14-8)11-4-5-13-12(7-11)10(3)16;1-8-3-5-14(7-8)9-2-4-13-10(6-9)11(12)15;2*2-1-3/h3-10H,1-2H3,(H2,18,20,22);4-10H,3H2,1-2H3;3-10H,1-2H3;2*2-6H,1H3,(H,16,17);4-7H,1-3H3;2-7H,1H3,(H2,12,15);;. The number of thiophene rings is 2. The number of fused-ring (bicyclic) bond motifs is 5. The van der Waals surface area contributed by atoms with Gasteiger partial charge in [-0.25, -0.2) is 38.9 Å². The molecule has 0 saturated heterocycles. The third-order valence-corrected chi connectivity index (χ3v) is 21.8. The Morgan fingerprint density at radius 3 is 1.40 bits per heavy atom. The second-order valence-corrected chi connectivity index (χ2v) is 31.5. The predicted molar refractivity (Wildman–Crippen MR) is 505 cm³/mol. The van der Waals surface area contributed by atoms with Crippen molar-refractivity contribution in [3.63, 3.8) is 0 Å². The number of carbonyl (C=O) groups excluding carboxylic acids is 9. The van der Waals surface area contributed by atoms with Crippen LogP contribution in [-0.2, 0) is 25.6 Å². The van der Waals surface area contributed by atoms with Gasteiger partial charge in [0.25, 0.3) is 11.8 Å². The summed E-state index contributed by atoms with van der Waals surface area (Å²) in [6, 6.07) is 44.5. The number of Topliss-reactive ketones (excluding diaryl/α,β-unsaturated/α-hetero) is 3. The van der Waals surface area contributed by atoms with Gasteiger partial charge in [-0.05, 0) is 199 Å². The number of para-hydroxylation sites is 3. The Kier molecular flexibility index (Phi) is 32.5. The molecule has 0 atom stereocenters. The highest BCUT2D eigenvalue weighted by Gasteiger charge is 2.20. The maximum atomic E-state index is 12.1. The third kappa shape index (κ3) is 23.8. The van der Waals surface area contributed by atoms with Crippen LogP contribution in [0.5, 0.6) is 0 Å². The highest BCUT2D eigenvalue weighted by molar-refractivity contribution is 7.17. The maximum absolute atomic E-state index is 12.1. The maximum Gasteiger partial charge on any atom is 0.373 e. The van der Waals surface area contributed by atoms with Gasteiger partial charge in [-0.3, -0.25) is 54.3 Å². The molecule has 0 aliphatic heterocycles. The van der Waals surface area contributed by atoms with Crippen molar-refractivity contribution in [1.82, 2.24) is 92.6 Å². The van der Waals surface area contributed by atoms with E-state index in [9.17, 15) is 33.6 Å². The summed E-state index contributed by atoms with van der Waals surface area (Å²) in [5, 5.41) is 44.8. The molecule has 16 aromatic heterocycles. The number of nitrogens with zero attached hydrogens (tertiary/aromatic N) is 18. The summed E-state index contributed by atoms with van der Waals surface area (Å²) >= 11 is 3.07. The zero-order valence-corrected chi connectivity index (χ0v) is 76.0. The van der Waals surface area contributed by atoms with Crippen molar-refractivity contribution in [1.29, 1.82) is 5.41 Å². The number of nitrogens with one attached hydrogen (secondary N) is 2. The van der Waals surface area contributed by atoms with Crippen LogP contribution in [0.3, 0.4) is 0 Å². The molecular weight excluding hydrogens is 1740 g/mol. The van der Waals surface area contributed by atoms with Crippen molar-refractivity contribution in [3.8, 4) is 40.1 Å². The van der Waals surface area contributed by atoms with Gasteiger partial charge in [0.15, 0.2) is 23.2 Å². The van der Waals surface area contributed by atoms with Gasteiger partial charge >= 0.3 is 24.2 Å². The molecule has 0 unspecified atom stereocenters. The van der Waals surface area contributed by atoms with Crippen LogP contribution in [0.15, 0.2) is 262 Å². The fourth-order valence-electron chi connectivity index (χ4n) is 14.0. The second-order valence-electron chi connectivity index (χ2n) is 29.7. The van der Waals surface area contributed by atoms with Crippen LogP contribution in [0.2, 0.25) is 0 Å². The largest absolute Gasteiger partial charge is 0.478 e. The number of nitrogens with two attached hydrogens (primary N) is 1. The van der Waals surface area contributed by atoms with E-state index in [2.05, 4.69) is 60.4 Å². The molecular formula is C98H87N21O13S2. The second kappa shape index (κ2) is 44.9. The van der Waals surface area contributed by atoms with Crippen LogP contribution >= 0.6 is 22.7 Å². The number of carbonyl (C=O) groups is 7. The Morgan fingerprint density at radius 1 is 0.433 bits per heavy atom. The van der Waals surface area contributed by atoms with Gasteiger partial charge in [-0.1, -0.05) is 61.5 Å². The number of rotatable bonds is 15. The van der Waals surface area contributed by atoms with Crippen LogP contribution < -0.4 is 11.1 Å². The van der Waals surface area contributed by atoms with Gasteiger partial charge in [0, 0.05) is 139 Å². The predicted octanol–water partition coefficient (Wildman–Crippen LogP) is 17.0. The molecule has 3 aromatic carbocycles. The topological polar surface area (TPSA) is 466 Å². The lowest BCUT2D eigenvalue weighted by atomic mass is 10.1. The molecule has 674 valence electrons. The molecule has 19 aromatic rings. The summed E-state index contributed by atoms with van der Waals surface area (Å²) < 4.78 is 13.8. The van der Waals surface area contributed by atoms with Crippen molar-refractivity contribution in [3.05, 3.63) is 346 Å². The highest BCUT2D eigenvalue weighted by atomic mass is 32.1. The zero-order valence-electron chi connectivity index (χ0n) is 74.4. The average Bonchev–Trinajstić information content (AvgIpc) is 1.36. The summed E-state index contributed by atoms with van der Waals surface area (Å²) in [4.78, 5) is 151. The Bertz CT molecular complexity index is 7480. The molecule has 36 heteroatoms. The van der Waals surface area contributed by atoms with Gasteiger partial charge < -0.3 is 44.1 Å². The zero-order chi connectivity index (χ0) is 96.6. The average molecular weight is 1830 g/mol. The summed E-state index contributed by atoms with van der Waals surface area (Å²) in [5.74, 6) is -0.981. The van der Waals surface area contributed by atoms with Gasteiger partial charge in [-0.2, -0.15) is 29.4 Å². The lowest BCUT2D eigenvalue weighted by Gasteiger charge is -2.06. The van der Waals surface area contributed by atoms with E-state index >= 15 is 0 Å². The number of primary amides is 1. The fourth-order valence-corrected chi connectivity index (χ4v) is 15.5. The van der Waals surface area contributed by atoms with E-state index in [1.807, 2.05) is 235 Å². The molecule has 2 amide bonds. The first-order valence-electron chi connectivity index (χ1n) is 40.8. The minimum absolute atomic E-state index is 0.0385. The number of amidine groups is 1. The molecule has 0 bridgehead atoms. The summed E-state index contributed by atoms with van der Waals surface area (Å²) in [5.41, 5.74) is 24.1. The van der Waals surface area contributed by atoms with Crippen LogP contribution in [-0.4, -0.2) is 157 Å². The number of aromatic carboxylic acids is 2.